The molecule has 1 aliphatic rings. The van der Waals surface area contributed by atoms with Crippen LogP contribution in [0.2, 0.25) is 0 Å². The molecule has 6 nitrogen and oxygen atoms in total. The zero-order valence-electron chi connectivity index (χ0n) is 13.3. The maximum atomic E-state index is 12.5. The van der Waals surface area contributed by atoms with E-state index in [1.165, 1.54) is 12.1 Å². The van der Waals surface area contributed by atoms with Gasteiger partial charge in [-0.1, -0.05) is 0 Å². The van der Waals surface area contributed by atoms with Crippen molar-refractivity contribution >= 4 is 22.9 Å². The molecule has 2 heterocycles. The van der Waals surface area contributed by atoms with E-state index in [0.717, 1.165) is 24.0 Å². The predicted octanol–water partition coefficient (Wildman–Crippen LogP) is 3.65. The molecule has 1 aromatic heterocycles. The Hall–Kier alpha value is -2.41. The lowest BCUT2D eigenvalue weighted by atomic mass is 10.1. The van der Waals surface area contributed by atoms with Crippen LogP contribution in [0.4, 0.5) is 5.69 Å². The number of hydrogen-bond acceptors (Lipinski definition) is 5. The Morgan fingerprint density at radius 2 is 1.92 bits per heavy atom. The van der Waals surface area contributed by atoms with Crippen LogP contribution in [0.1, 0.15) is 28.8 Å². The van der Waals surface area contributed by atoms with Gasteiger partial charge in [0.25, 0.3) is 11.6 Å². The van der Waals surface area contributed by atoms with Crippen LogP contribution in [-0.4, -0.2) is 34.9 Å². The van der Waals surface area contributed by atoms with Crippen LogP contribution in [-0.2, 0) is 0 Å². The van der Waals surface area contributed by atoms with E-state index < -0.39 is 4.92 Å². The van der Waals surface area contributed by atoms with Gasteiger partial charge in [-0.25, -0.2) is 0 Å². The number of nitro benzene ring substituents is 1. The highest BCUT2D eigenvalue weighted by Crippen LogP contribution is 2.23. The second-order valence-electron chi connectivity index (χ2n) is 5.83. The molecular formula is C17H18N2O4S. The monoisotopic (exact) mass is 346 g/mol. The molecule has 0 unspecified atom stereocenters. The Labute approximate surface area is 143 Å². The molecule has 7 heteroatoms. The van der Waals surface area contributed by atoms with Gasteiger partial charge in [0.1, 0.15) is 11.9 Å². The van der Waals surface area contributed by atoms with E-state index in [1.54, 1.807) is 23.5 Å². The fourth-order valence-corrected chi connectivity index (χ4v) is 3.59. The molecule has 0 atom stereocenters. The summed E-state index contributed by atoms with van der Waals surface area (Å²) in [4.78, 5) is 24.6. The summed E-state index contributed by atoms with van der Waals surface area (Å²) < 4.78 is 5.87. The van der Waals surface area contributed by atoms with Gasteiger partial charge in [0.15, 0.2) is 0 Å². The van der Waals surface area contributed by atoms with Crippen molar-refractivity contribution < 1.29 is 14.5 Å². The summed E-state index contributed by atoms with van der Waals surface area (Å²) in [6.45, 7) is 3.27. The van der Waals surface area contributed by atoms with Crippen LogP contribution in [0.3, 0.4) is 0 Å². The van der Waals surface area contributed by atoms with Crippen molar-refractivity contribution in [1.29, 1.82) is 0 Å². The van der Waals surface area contributed by atoms with Crippen LogP contribution in [0.15, 0.2) is 35.0 Å². The standard InChI is InChI=1S/C17H18N2O4S/c1-12-10-24-11-16(12)17(20)18-8-6-15(7-9-18)23-14-4-2-13(3-5-14)19(21)22/h2-5,10-11,15H,6-9H2,1H3. The van der Waals surface area contributed by atoms with Crippen molar-refractivity contribution in [2.45, 2.75) is 25.9 Å². The molecule has 24 heavy (non-hydrogen) atoms. The number of carbonyl (C=O) groups excluding carboxylic acids is 1. The van der Waals surface area contributed by atoms with Gasteiger partial charge in [-0.3, -0.25) is 14.9 Å². The number of non-ortho nitro benzene ring substituents is 1. The van der Waals surface area contributed by atoms with Crippen LogP contribution in [0.25, 0.3) is 0 Å². The van der Waals surface area contributed by atoms with Gasteiger partial charge >= 0.3 is 0 Å². The minimum absolute atomic E-state index is 0.0269. The quantitative estimate of drug-likeness (QED) is 0.626. The highest BCUT2D eigenvalue weighted by Gasteiger charge is 2.25. The highest BCUT2D eigenvalue weighted by atomic mass is 32.1. The van der Waals surface area contributed by atoms with Crippen molar-refractivity contribution in [2.75, 3.05) is 13.1 Å². The maximum absolute atomic E-state index is 12.5. The summed E-state index contributed by atoms with van der Waals surface area (Å²) in [5.41, 5.74) is 1.86. The third-order valence-corrected chi connectivity index (χ3v) is 5.03. The number of piperidine rings is 1. The van der Waals surface area contributed by atoms with Gasteiger partial charge in [0.2, 0.25) is 0 Å². The number of aryl methyl sites for hydroxylation is 1. The fourth-order valence-electron chi connectivity index (χ4n) is 2.77. The molecule has 0 spiro atoms. The number of amides is 1. The summed E-state index contributed by atoms with van der Waals surface area (Å²) in [5.74, 6) is 0.710. The lowest BCUT2D eigenvalue weighted by Crippen LogP contribution is -2.41. The van der Waals surface area contributed by atoms with Crippen molar-refractivity contribution in [3.8, 4) is 5.75 Å². The average molecular weight is 346 g/mol. The van der Waals surface area contributed by atoms with Gasteiger partial charge in [-0.15, -0.1) is 0 Å². The normalized spacial score (nSPS) is 15.3. The van der Waals surface area contributed by atoms with Crippen molar-refractivity contribution in [2.24, 2.45) is 0 Å². The molecule has 0 bridgehead atoms. The molecule has 0 saturated carbocycles. The van der Waals surface area contributed by atoms with Crippen molar-refractivity contribution in [1.82, 2.24) is 4.90 Å². The number of hydrogen-bond donors (Lipinski definition) is 0. The van der Waals surface area contributed by atoms with Gasteiger partial charge in [0.05, 0.1) is 10.5 Å². The zero-order valence-corrected chi connectivity index (χ0v) is 14.1. The van der Waals surface area contributed by atoms with E-state index in [0.29, 0.717) is 18.8 Å². The molecule has 1 fully saturated rings. The Bertz CT molecular complexity index is 733. The smallest absolute Gasteiger partial charge is 0.269 e. The summed E-state index contributed by atoms with van der Waals surface area (Å²) in [5, 5.41) is 14.5. The Morgan fingerprint density at radius 1 is 1.25 bits per heavy atom. The van der Waals surface area contributed by atoms with E-state index in [2.05, 4.69) is 0 Å². The first kappa shape index (κ1) is 16.4. The van der Waals surface area contributed by atoms with Crippen molar-refractivity contribution in [3.05, 3.63) is 56.3 Å². The first-order valence-corrected chi connectivity index (χ1v) is 8.72. The molecule has 1 saturated heterocycles. The molecule has 0 aliphatic carbocycles. The molecule has 0 N–H and O–H groups in total. The molecule has 1 amide bonds. The number of rotatable bonds is 4. The predicted molar refractivity (Wildman–Crippen MR) is 91.7 cm³/mol. The fraction of sp³-hybridized carbons (Fsp3) is 0.353. The summed E-state index contributed by atoms with van der Waals surface area (Å²) in [6, 6.07) is 6.11. The van der Waals surface area contributed by atoms with E-state index in [1.807, 2.05) is 22.6 Å². The van der Waals surface area contributed by atoms with E-state index in [-0.39, 0.29) is 17.7 Å². The Balaban J connectivity index is 1.54. The highest BCUT2D eigenvalue weighted by molar-refractivity contribution is 7.08. The van der Waals surface area contributed by atoms with E-state index >= 15 is 0 Å². The molecule has 1 aliphatic heterocycles. The number of benzene rings is 1. The largest absolute Gasteiger partial charge is 0.490 e. The third kappa shape index (κ3) is 3.56. The van der Waals surface area contributed by atoms with Gasteiger partial charge < -0.3 is 9.64 Å². The second kappa shape index (κ2) is 7.00. The minimum atomic E-state index is -0.430. The Kier molecular flexibility index (Phi) is 4.80. The number of thiophene rings is 1. The lowest BCUT2D eigenvalue weighted by Gasteiger charge is -2.32. The molecule has 2 aromatic rings. The van der Waals surface area contributed by atoms with Crippen LogP contribution in [0.5, 0.6) is 5.75 Å². The van der Waals surface area contributed by atoms with Crippen molar-refractivity contribution in [3.63, 3.8) is 0 Å². The van der Waals surface area contributed by atoms with E-state index in [4.69, 9.17) is 4.74 Å². The number of nitro groups is 1. The van der Waals surface area contributed by atoms with E-state index in [9.17, 15) is 14.9 Å². The SMILES string of the molecule is Cc1cscc1C(=O)N1CCC(Oc2ccc([N+](=O)[O-])cc2)CC1. The molecule has 0 radical (unpaired) electrons. The Morgan fingerprint density at radius 3 is 2.46 bits per heavy atom. The number of nitrogens with zero attached hydrogens (tertiary/aromatic N) is 2. The van der Waals surface area contributed by atoms with Crippen LogP contribution >= 0.6 is 11.3 Å². The third-order valence-electron chi connectivity index (χ3n) is 4.17. The summed E-state index contributed by atoms with van der Waals surface area (Å²) in [7, 11) is 0. The molecule has 126 valence electrons. The number of likely N-dealkylation sites (tertiary alicyclic amines) is 1. The van der Waals surface area contributed by atoms with Gasteiger partial charge in [-0.05, 0) is 30.0 Å². The van der Waals surface area contributed by atoms with Gasteiger partial charge in [0, 0.05) is 43.4 Å². The number of ether oxygens (including phenoxy) is 1. The first-order chi connectivity index (χ1) is 11.5. The first-order valence-electron chi connectivity index (χ1n) is 7.78. The van der Waals surface area contributed by atoms with Crippen LogP contribution < -0.4 is 4.74 Å². The second-order valence-corrected chi connectivity index (χ2v) is 6.57. The summed E-state index contributed by atoms with van der Waals surface area (Å²) in [6.07, 6.45) is 1.54. The van der Waals surface area contributed by atoms with Gasteiger partial charge in [-0.2, -0.15) is 11.3 Å². The zero-order chi connectivity index (χ0) is 17.1. The average Bonchev–Trinajstić information content (AvgIpc) is 3.01. The minimum Gasteiger partial charge on any atom is -0.490 e. The maximum Gasteiger partial charge on any atom is 0.269 e. The topological polar surface area (TPSA) is 72.7 Å². The van der Waals surface area contributed by atoms with Crippen LogP contribution in [0, 0.1) is 17.0 Å². The molecule has 1 aromatic carbocycles. The number of carbonyl (C=O) groups is 1. The summed E-state index contributed by atoms with van der Waals surface area (Å²) >= 11 is 1.54. The lowest BCUT2D eigenvalue weighted by molar-refractivity contribution is -0.384. The molecule has 3 rings (SSSR count). The molecular weight excluding hydrogens is 328 g/mol.